The van der Waals surface area contributed by atoms with Crippen molar-refractivity contribution in [2.24, 2.45) is 5.92 Å². The molecule has 0 radical (unpaired) electrons. The van der Waals surface area contributed by atoms with Crippen LogP contribution in [0, 0.1) is 5.92 Å². The Morgan fingerprint density at radius 2 is 2.07 bits per heavy atom. The van der Waals surface area contributed by atoms with Crippen molar-refractivity contribution in [3.05, 3.63) is 22.2 Å². The van der Waals surface area contributed by atoms with E-state index in [0.29, 0.717) is 11.5 Å². The van der Waals surface area contributed by atoms with Crippen LogP contribution in [0.2, 0.25) is 0 Å². The first-order valence-electron chi connectivity index (χ1n) is 4.92. The Morgan fingerprint density at radius 1 is 1.47 bits per heavy atom. The first-order valence-corrected chi connectivity index (χ1v) is 5.67. The van der Waals surface area contributed by atoms with E-state index in [9.17, 15) is 4.79 Å². The summed E-state index contributed by atoms with van der Waals surface area (Å²) in [5.74, 6) is -0.283. The molecule has 0 aromatic rings. The molecule has 2 nitrogen and oxygen atoms in total. The van der Waals surface area contributed by atoms with Gasteiger partial charge in [-0.25, -0.2) is 0 Å². The molecule has 0 heterocycles. The third-order valence-corrected chi connectivity index (χ3v) is 2.61. The maximum Gasteiger partial charge on any atom is 0.306 e. The predicted octanol–water partition coefficient (Wildman–Crippen LogP) is 3.84. The number of esters is 1. The highest BCUT2D eigenvalue weighted by Crippen LogP contribution is 2.32. The van der Waals surface area contributed by atoms with Crippen LogP contribution in [-0.2, 0) is 9.53 Å². The number of ether oxygens (including phenoxy) is 1. The zero-order valence-electron chi connectivity index (χ0n) is 9.22. The zero-order valence-corrected chi connectivity index (χ0v) is 10.7. The van der Waals surface area contributed by atoms with Crippen LogP contribution in [-0.4, -0.2) is 13.1 Å². The van der Waals surface area contributed by atoms with Crippen molar-refractivity contribution in [3.8, 4) is 0 Å². The van der Waals surface area contributed by atoms with E-state index >= 15 is 0 Å². The van der Waals surface area contributed by atoms with Crippen molar-refractivity contribution in [1.29, 1.82) is 0 Å². The first kappa shape index (κ1) is 14.5. The number of halogens is 2. The van der Waals surface area contributed by atoms with E-state index in [1.807, 2.05) is 13.8 Å². The molecule has 0 spiro atoms. The highest BCUT2D eigenvalue weighted by atomic mass is 35.5. The van der Waals surface area contributed by atoms with Gasteiger partial charge in [0.15, 0.2) is 0 Å². The standard InChI is InChI=1S/C9H10Cl2O2.C2H6/c1-13-9(12)5-6-4-7(10)2-3-8(6)11;1-2/h2-3,6H,4-5H2,1H3;1-2H3/t6-;/m0./s1. The molecule has 86 valence electrons. The van der Waals surface area contributed by atoms with Crippen LogP contribution in [0.3, 0.4) is 0 Å². The molecule has 0 N–H and O–H groups in total. The molecule has 0 amide bonds. The summed E-state index contributed by atoms with van der Waals surface area (Å²) < 4.78 is 4.55. The lowest BCUT2D eigenvalue weighted by atomic mass is 9.97. The molecule has 0 aliphatic heterocycles. The smallest absolute Gasteiger partial charge is 0.306 e. The van der Waals surface area contributed by atoms with Crippen molar-refractivity contribution in [1.82, 2.24) is 0 Å². The number of carbonyl (C=O) groups is 1. The lowest BCUT2D eigenvalue weighted by Crippen LogP contribution is -2.12. The molecule has 1 aliphatic rings. The third kappa shape index (κ3) is 5.24. The second-order valence-electron chi connectivity index (χ2n) is 2.85. The number of rotatable bonds is 2. The SMILES string of the molecule is CC.COC(=O)C[C@@H]1CC(Cl)=CC=C1Cl. The van der Waals surface area contributed by atoms with Gasteiger partial charge in [0.05, 0.1) is 13.5 Å². The summed E-state index contributed by atoms with van der Waals surface area (Å²) in [6.45, 7) is 4.00. The van der Waals surface area contributed by atoms with E-state index in [4.69, 9.17) is 23.2 Å². The monoisotopic (exact) mass is 250 g/mol. The van der Waals surface area contributed by atoms with E-state index in [1.165, 1.54) is 7.11 Å². The summed E-state index contributed by atoms with van der Waals surface area (Å²) in [5, 5.41) is 1.38. The van der Waals surface area contributed by atoms with E-state index in [-0.39, 0.29) is 18.3 Å². The van der Waals surface area contributed by atoms with E-state index in [1.54, 1.807) is 12.2 Å². The largest absolute Gasteiger partial charge is 0.469 e. The normalized spacial score (nSPS) is 19.4. The Labute approximate surface area is 101 Å². The highest BCUT2D eigenvalue weighted by molar-refractivity contribution is 6.32. The van der Waals surface area contributed by atoms with Crippen LogP contribution in [0.15, 0.2) is 22.2 Å². The van der Waals surface area contributed by atoms with Crippen LogP contribution < -0.4 is 0 Å². The van der Waals surface area contributed by atoms with Gasteiger partial charge in [-0.1, -0.05) is 37.0 Å². The fourth-order valence-corrected chi connectivity index (χ4v) is 1.63. The van der Waals surface area contributed by atoms with Gasteiger partial charge in [0.2, 0.25) is 0 Å². The molecule has 0 unspecified atom stereocenters. The molecule has 1 atom stereocenters. The van der Waals surface area contributed by atoms with Crippen molar-refractivity contribution in [2.75, 3.05) is 7.11 Å². The van der Waals surface area contributed by atoms with Gasteiger partial charge in [0, 0.05) is 16.0 Å². The van der Waals surface area contributed by atoms with Crippen molar-refractivity contribution < 1.29 is 9.53 Å². The molecule has 15 heavy (non-hydrogen) atoms. The molecule has 1 rings (SSSR count). The van der Waals surface area contributed by atoms with Crippen LogP contribution in [0.4, 0.5) is 0 Å². The van der Waals surface area contributed by atoms with Crippen LogP contribution in [0.25, 0.3) is 0 Å². The summed E-state index contributed by atoms with van der Waals surface area (Å²) in [6, 6.07) is 0. The molecule has 0 aromatic heterocycles. The van der Waals surface area contributed by atoms with Crippen LogP contribution >= 0.6 is 23.2 Å². The van der Waals surface area contributed by atoms with Gasteiger partial charge in [-0.05, 0) is 18.6 Å². The number of hydrogen-bond donors (Lipinski definition) is 0. The molecule has 0 saturated carbocycles. The Hall–Kier alpha value is -0.470. The summed E-state index contributed by atoms with van der Waals surface area (Å²) >= 11 is 11.7. The van der Waals surface area contributed by atoms with Crippen LogP contribution in [0.1, 0.15) is 26.7 Å². The van der Waals surface area contributed by atoms with Gasteiger partial charge in [-0.15, -0.1) is 0 Å². The van der Waals surface area contributed by atoms with Gasteiger partial charge in [-0.3, -0.25) is 4.79 Å². The molecule has 4 heteroatoms. The predicted molar refractivity (Wildman–Crippen MR) is 64.0 cm³/mol. The van der Waals surface area contributed by atoms with Crippen molar-refractivity contribution in [3.63, 3.8) is 0 Å². The average molecular weight is 251 g/mol. The summed E-state index contributed by atoms with van der Waals surface area (Å²) in [7, 11) is 1.36. The van der Waals surface area contributed by atoms with E-state index in [2.05, 4.69) is 4.74 Å². The Balaban J connectivity index is 0.000000921. The van der Waals surface area contributed by atoms with Crippen molar-refractivity contribution in [2.45, 2.75) is 26.7 Å². The van der Waals surface area contributed by atoms with Gasteiger partial charge in [0.25, 0.3) is 0 Å². The lowest BCUT2D eigenvalue weighted by Gasteiger charge is -2.17. The van der Waals surface area contributed by atoms with Crippen LogP contribution in [0.5, 0.6) is 0 Å². The Morgan fingerprint density at radius 3 is 2.60 bits per heavy atom. The molecule has 0 saturated heterocycles. The number of allylic oxidation sites excluding steroid dienone is 4. The van der Waals surface area contributed by atoms with E-state index < -0.39 is 0 Å². The van der Waals surface area contributed by atoms with Crippen molar-refractivity contribution >= 4 is 29.2 Å². The number of methoxy groups -OCH3 is 1. The molecule has 1 aliphatic carbocycles. The molecule has 0 aromatic carbocycles. The second-order valence-corrected chi connectivity index (χ2v) is 3.77. The molecule has 0 bridgehead atoms. The second kappa shape index (κ2) is 7.77. The number of carbonyl (C=O) groups excluding carboxylic acids is 1. The fraction of sp³-hybridized carbons (Fsp3) is 0.545. The quantitative estimate of drug-likeness (QED) is 0.697. The minimum atomic E-state index is -0.261. The molecular formula is C11H16Cl2O2. The molecule has 0 fully saturated rings. The third-order valence-electron chi connectivity index (χ3n) is 1.90. The average Bonchev–Trinajstić information content (AvgIpc) is 2.26. The Kier molecular flexibility index (Phi) is 7.53. The maximum atomic E-state index is 11.0. The summed E-state index contributed by atoms with van der Waals surface area (Å²) in [4.78, 5) is 11.0. The summed E-state index contributed by atoms with van der Waals surface area (Å²) in [6.07, 6.45) is 4.38. The minimum absolute atomic E-state index is 0.0217. The van der Waals surface area contributed by atoms with Gasteiger partial charge < -0.3 is 4.74 Å². The topological polar surface area (TPSA) is 26.3 Å². The zero-order chi connectivity index (χ0) is 11.8. The molecular weight excluding hydrogens is 235 g/mol. The van der Waals surface area contributed by atoms with Gasteiger partial charge in [0.1, 0.15) is 0 Å². The lowest BCUT2D eigenvalue weighted by molar-refractivity contribution is -0.141. The highest BCUT2D eigenvalue weighted by Gasteiger charge is 2.20. The first-order chi connectivity index (χ1) is 7.13. The van der Waals surface area contributed by atoms with Gasteiger partial charge in [-0.2, -0.15) is 0 Å². The minimum Gasteiger partial charge on any atom is -0.469 e. The number of hydrogen-bond acceptors (Lipinski definition) is 2. The van der Waals surface area contributed by atoms with E-state index in [0.717, 1.165) is 5.03 Å². The fourth-order valence-electron chi connectivity index (χ4n) is 1.16. The summed E-state index contributed by atoms with van der Waals surface area (Å²) in [5.41, 5.74) is 0. The van der Waals surface area contributed by atoms with Gasteiger partial charge >= 0.3 is 5.97 Å². The Bertz CT molecular complexity index is 270. The maximum absolute atomic E-state index is 11.0.